The average molecular weight is 330 g/mol. The van der Waals surface area contributed by atoms with E-state index < -0.39 is 0 Å². The molecule has 2 heterocycles. The van der Waals surface area contributed by atoms with Gasteiger partial charge in [0, 0.05) is 45.8 Å². The van der Waals surface area contributed by atoms with Gasteiger partial charge in [-0.15, -0.1) is 0 Å². The number of carbonyl (C=O) groups excluding carboxylic acids is 2. The Labute approximate surface area is 143 Å². The van der Waals surface area contributed by atoms with E-state index in [0.717, 1.165) is 39.3 Å². The second-order valence-electron chi connectivity index (χ2n) is 6.58. The lowest BCUT2D eigenvalue weighted by Crippen LogP contribution is -2.58. The van der Waals surface area contributed by atoms with E-state index in [1.165, 1.54) is 5.56 Å². The summed E-state index contributed by atoms with van der Waals surface area (Å²) < 4.78 is 0. The summed E-state index contributed by atoms with van der Waals surface area (Å²) in [4.78, 5) is 30.5. The summed E-state index contributed by atoms with van der Waals surface area (Å²) in [6, 6.07) is 10.2. The third-order valence-corrected chi connectivity index (χ3v) is 4.91. The lowest BCUT2D eigenvalue weighted by atomic mass is 10.1. The summed E-state index contributed by atoms with van der Waals surface area (Å²) in [7, 11) is 0. The van der Waals surface area contributed by atoms with Crippen LogP contribution in [0.3, 0.4) is 0 Å². The minimum Gasteiger partial charge on any atom is -0.354 e. The van der Waals surface area contributed by atoms with Crippen molar-refractivity contribution in [1.82, 2.24) is 20.0 Å². The third-order valence-electron chi connectivity index (χ3n) is 4.91. The molecule has 0 bridgehead atoms. The Morgan fingerprint density at radius 3 is 2.50 bits per heavy atom. The van der Waals surface area contributed by atoms with Crippen molar-refractivity contribution < 1.29 is 9.59 Å². The molecule has 2 aliphatic heterocycles. The molecule has 1 aromatic carbocycles. The van der Waals surface area contributed by atoms with Crippen LogP contribution in [0.5, 0.6) is 0 Å². The zero-order chi connectivity index (χ0) is 16.9. The second kappa shape index (κ2) is 7.77. The average Bonchev–Trinajstić information content (AvgIpc) is 2.62. The van der Waals surface area contributed by atoms with Crippen molar-refractivity contribution in [2.45, 2.75) is 19.5 Å². The van der Waals surface area contributed by atoms with Crippen LogP contribution in [0, 0.1) is 0 Å². The van der Waals surface area contributed by atoms with Gasteiger partial charge in [0.1, 0.15) is 0 Å². The Hall–Kier alpha value is -1.92. The fourth-order valence-electron chi connectivity index (χ4n) is 3.38. The van der Waals surface area contributed by atoms with Crippen molar-refractivity contribution in [3.8, 4) is 0 Å². The van der Waals surface area contributed by atoms with Crippen LogP contribution in [0.2, 0.25) is 0 Å². The first-order valence-corrected chi connectivity index (χ1v) is 8.69. The third kappa shape index (κ3) is 4.13. The molecule has 24 heavy (non-hydrogen) atoms. The maximum Gasteiger partial charge on any atom is 0.239 e. The van der Waals surface area contributed by atoms with Crippen LogP contribution >= 0.6 is 0 Å². The molecule has 2 amide bonds. The minimum absolute atomic E-state index is 0.00794. The van der Waals surface area contributed by atoms with Crippen LogP contribution in [0.15, 0.2) is 30.3 Å². The SMILES string of the molecule is C[C@@H](C(=O)N1CCN(Cc2ccccc2)CC1)N1CCNC(=O)C1. The minimum atomic E-state index is -0.225. The van der Waals surface area contributed by atoms with Crippen molar-refractivity contribution in [2.24, 2.45) is 0 Å². The van der Waals surface area contributed by atoms with E-state index >= 15 is 0 Å². The fraction of sp³-hybridized carbons (Fsp3) is 0.556. The summed E-state index contributed by atoms with van der Waals surface area (Å²) in [5.41, 5.74) is 1.31. The monoisotopic (exact) mass is 330 g/mol. The van der Waals surface area contributed by atoms with Crippen molar-refractivity contribution in [3.63, 3.8) is 0 Å². The molecule has 6 heteroatoms. The van der Waals surface area contributed by atoms with E-state index in [2.05, 4.69) is 34.5 Å². The van der Waals surface area contributed by atoms with Gasteiger partial charge in [0.15, 0.2) is 0 Å². The maximum atomic E-state index is 12.7. The fourth-order valence-corrected chi connectivity index (χ4v) is 3.38. The predicted octanol–water partition coefficient (Wildman–Crippen LogP) is 0.151. The number of nitrogens with one attached hydrogen (secondary N) is 1. The highest BCUT2D eigenvalue weighted by Crippen LogP contribution is 2.11. The molecule has 0 spiro atoms. The van der Waals surface area contributed by atoms with Crippen LogP contribution in [0.1, 0.15) is 12.5 Å². The highest BCUT2D eigenvalue weighted by molar-refractivity contribution is 5.84. The standard InChI is InChI=1S/C18H26N4O2/c1-15(22-8-7-19-17(23)14-22)18(24)21-11-9-20(10-12-21)13-16-5-3-2-4-6-16/h2-6,15H,7-14H2,1H3,(H,19,23)/t15-/m0/s1. The van der Waals surface area contributed by atoms with Crippen LogP contribution < -0.4 is 5.32 Å². The first kappa shape index (κ1) is 16.9. The molecule has 1 atom stereocenters. The Bertz CT molecular complexity index is 570. The summed E-state index contributed by atoms with van der Waals surface area (Å²) >= 11 is 0. The lowest BCUT2D eigenvalue weighted by molar-refractivity contribution is -0.140. The molecule has 2 aliphatic rings. The van der Waals surface area contributed by atoms with Gasteiger partial charge >= 0.3 is 0 Å². The number of benzene rings is 1. The number of amides is 2. The molecule has 3 rings (SSSR count). The summed E-state index contributed by atoms with van der Waals surface area (Å²) in [5, 5.41) is 2.80. The van der Waals surface area contributed by atoms with Crippen molar-refractivity contribution in [3.05, 3.63) is 35.9 Å². The summed E-state index contributed by atoms with van der Waals surface area (Å²) in [6.45, 7) is 7.85. The molecule has 0 unspecified atom stereocenters. The maximum absolute atomic E-state index is 12.7. The van der Waals surface area contributed by atoms with Crippen molar-refractivity contribution >= 4 is 11.8 Å². The van der Waals surface area contributed by atoms with E-state index in [-0.39, 0.29) is 17.9 Å². The Morgan fingerprint density at radius 1 is 1.12 bits per heavy atom. The van der Waals surface area contributed by atoms with Gasteiger partial charge in [-0.1, -0.05) is 30.3 Å². The Kier molecular flexibility index (Phi) is 5.48. The topological polar surface area (TPSA) is 55.9 Å². The van der Waals surface area contributed by atoms with Crippen molar-refractivity contribution in [1.29, 1.82) is 0 Å². The molecule has 0 saturated carbocycles. The molecular weight excluding hydrogens is 304 g/mol. The first-order valence-electron chi connectivity index (χ1n) is 8.69. The number of rotatable bonds is 4. The van der Waals surface area contributed by atoms with Gasteiger partial charge in [0.05, 0.1) is 12.6 Å². The van der Waals surface area contributed by atoms with E-state index in [0.29, 0.717) is 13.1 Å². The number of hydrogen-bond acceptors (Lipinski definition) is 4. The van der Waals surface area contributed by atoms with Crippen LogP contribution in [0.25, 0.3) is 0 Å². The van der Waals surface area contributed by atoms with Gasteiger partial charge in [-0.05, 0) is 12.5 Å². The molecule has 1 N–H and O–H groups in total. The van der Waals surface area contributed by atoms with E-state index in [4.69, 9.17) is 0 Å². The molecule has 130 valence electrons. The zero-order valence-corrected chi connectivity index (χ0v) is 14.3. The number of piperazine rings is 2. The summed E-state index contributed by atoms with van der Waals surface area (Å²) in [6.07, 6.45) is 0. The van der Waals surface area contributed by atoms with Crippen LogP contribution in [-0.4, -0.2) is 78.4 Å². The molecule has 2 saturated heterocycles. The molecular formula is C18H26N4O2. The zero-order valence-electron chi connectivity index (χ0n) is 14.3. The molecule has 0 radical (unpaired) electrons. The molecule has 2 fully saturated rings. The van der Waals surface area contributed by atoms with Crippen LogP contribution in [-0.2, 0) is 16.1 Å². The van der Waals surface area contributed by atoms with Gasteiger partial charge < -0.3 is 10.2 Å². The van der Waals surface area contributed by atoms with E-state index in [1.807, 2.05) is 22.8 Å². The van der Waals surface area contributed by atoms with Gasteiger partial charge in [0.25, 0.3) is 0 Å². The normalized spacial score (nSPS) is 21.4. The lowest BCUT2D eigenvalue weighted by Gasteiger charge is -2.38. The van der Waals surface area contributed by atoms with Gasteiger partial charge in [-0.25, -0.2) is 0 Å². The first-order chi connectivity index (χ1) is 11.6. The number of nitrogens with zero attached hydrogens (tertiary/aromatic N) is 3. The highest BCUT2D eigenvalue weighted by atomic mass is 16.2. The Morgan fingerprint density at radius 2 is 1.83 bits per heavy atom. The van der Waals surface area contributed by atoms with Gasteiger partial charge in [-0.3, -0.25) is 19.4 Å². The highest BCUT2D eigenvalue weighted by Gasteiger charge is 2.30. The number of hydrogen-bond donors (Lipinski definition) is 1. The molecule has 0 aliphatic carbocycles. The largest absolute Gasteiger partial charge is 0.354 e. The molecule has 0 aromatic heterocycles. The summed E-state index contributed by atoms with van der Waals surface area (Å²) in [5.74, 6) is 0.151. The van der Waals surface area contributed by atoms with Crippen LogP contribution in [0.4, 0.5) is 0 Å². The van der Waals surface area contributed by atoms with E-state index in [9.17, 15) is 9.59 Å². The molecule has 6 nitrogen and oxygen atoms in total. The van der Waals surface area contributed by atoms with Crippen molar-refractivity contribution in [2.75, 3.05) is 45.8 Å². The smallest absolute Gasteiger partial charge is 0.239 e. The quantitative estimate of drug-likeness (QED) is 0.854. The predicted molar refractivity (Wildman–Crippen MR) is 92.3 cm³/mol. The Balaban J connectivity index is 1.48. The molecule has 1 aromatic rings. The van der Waals surface area contributed by atoms with Gasteiger partial charge in [0.2, 0.25) is 11.8 Å². The van der Waals surface area contributed by atoms with Gasteiger partial charge in [-0.2, -0.15) is 0 Å². The van der Waals surface area contributed by atoms with E-state index in [1.54, 1.807) is 0 Å². The number of carbonyl (C=O) groups is 2. The second-order valence-corrected chi connectivity index (χ2v) is 6.58.